The van der Waals surface area contributed by atoms with Crippen LogP contribution in [-0.2, 0) is 20.4 Å². The minimum Gasteiger partial charge on any atom is -0.484 e. The van der Waals surface area contributed by atoms with Crippen LogP contribution in [0.15, 0.2) is 53.5 Å². The third-order valence-corrected chi connectivity index (χ3v) is 6.42. The Kier molecular flexibility index (Phi) is 8.08. The molecule has 182 valence electrons. The van der Waals surface area contributed by atoms with Crippen molar-refractivity contribution in [3.8, 4) is 11.5 Å². The van der Waals surface area contributed by atoms with Crippen LogP contribution in [0.4, 0.5) is 0 Å². The Morgan fingerprint density at radius 2 is 1.29 bits per heavy atom. The van der Waals surface area contributed by atoms with Crippen LogP contribution in [0.3, 0.4) is 0 Å². The Hall–Kier alpha value is -2.80. The molecule has 0 N–H and O–H groups in total. The van der Waals surface area contributed by atoms with Crippen LogP contribution in [0, 0.1) is 0 Å². The van der Waals surface area contributed by atoms with Gasteiger partial charge in [-0.25, -0.2) is 0 Å². The maximum atomic E-state index is 12.7. The first kappa shape index (κ1) is 25.8. The molecule has 0 saturated carbocycles. The SMILES string of the molecule is CC(C)(C)c1ccc(OCC(=O)N=C2SCCN2C(=O)COc2ccc(C(C)(C)C)cc2)cc1. The van der Waals surface area contributed by atoms with Gasteiger partial charge in [-0.3, -0.25) is 14.5 Å². The van der Waals surface area contributed by atoms with Crippen molar-refractivity contribution in [3.63, 3.8) is 0 Å². The number of amidine groups is 1. The van der Waals surface area contributed by atoms with Crippen molar-refractivity contribution in [1.82, 2.24) is 4.90 Å². The van der Waals surface area contributed by atoms with Gasteiger partial charge in [-0.1, -0.05) is 77.6 Å². The molecule has 2 aromatic carbocycles. The van der Waals surface area contributed by atoms with E-state index in [-0.39, 0.29) is 30.0 Å². The Morgan fingerprint density at radius 3 is 1.76 bits per heavy atom. The van der Waals surface area contributed by atoms with E-state index < -0.39 is 5.91 Å². The van der Waals surface area contributed by atoms with Gasteiger partial charge in [0.2, 0.25) is 0 Å². The largest absolute Gasteiger partial charge is 0.484 e. The Labute approximate surface area is 206 Å². The van der Waals surface area contributed by atoms with Crippen LogP contribution >= 0.6 is 11.8 Å². The molecule has 7 heteroatoms. The number of nitrogens with zero attached hydrogens (tertiary/aromatic N) is 2. The first-order valence-corrected chi connectivity index (χ1v) is 12.4. The smallest absolute Gasteiger partial charge is 0.285 e. The van der Waals surface area contributed by atoms with Crippen LogP contribution < -0.4 is 9.47 Å². The molecule has 34 heavy (non-hydrogen) atoms. The molecule has 1 fully saturated rings. The highest BCUT2D eigenvalue weighted by Crippen LogP contribution is 2.26. The number of thioether (sulfide) groups is 1. The van der Waals surface area contributed by atoms with Gasteiger partial charge in [0.15, 0.2) is 18.4 Å². The van der Waals surface area contributed by atoms with Crippen LogP contribution in [-0.4, -0.2) is 47.4 Å². The van der Waals surface area contributed by atoms with Crippen molar-refractivity contribution in [3.05, 3.63) is 59.7 Å². The fraction of sp³-hybridized carbons (Fsp3) is 0.444. The molecule has 2 aromatic rings. The Balaban J connectivity index is 1.52. The van der Waals surface area contributed by atoms with E-state index in [0.29, 0.717) is 29.0 Å². The number of carbonyl (C=O) groups is 2. The zero-order chi connectivity index (χ0) is 24.9. The molecule has 0 aromatic heterocycles. The quantitative estimate of drug-likeness (QED) is 0.566. The summed E-state index contributed by atoms with van der Waals surface area (Å²) >= 11 is 1.38. The maximum absolute atomic E-state index is 12.7. The molecule has 1 aliphatic rings. The maximum Gasteiger partial charge on any atom is 0.285 e. The molecule has 0 atom stereocenters. The minimum atomic E-state index is -0.430. The minimum absolute atomic E-state index is 0.0512. The third kappa shape index (κ3) is 7.10. The van der Waals surface area contributed by atoms with Crippen molar-refractivity contribution >= 4 is 28.7 Å². The number of benzene rings is 2. The lowest BCUT2D eigenvalue weighted by Crippen LogP contribution is -2.36. The van der Waals surface area contributed by atoms with Crippen LogP contribution in [0.1, 0.15) is 52.7 Å². The molecule has 0 bridgehead atoms. The summed E-state index contributed by atoms with van der Waals surface area (Å²) in [6.07, 6.45) is 0. The molecule has 2 amide bonds. The summed E-state index contributed by atoms with van der Waals surface area (Å²) in [6, 6.07) is 15.5. The van der Waals surface area contributed by atoms with E-state index in [9.17, 15) is 9.59 Å². The Bertz CT molecular complexity index is 1030. The number of hydrogen-bond donors (Lipinski definition) is 0. The summed E-state index contributed by atoms with van der Waals surface area (Å²) < 4.78 is 11.3. The van der Waals surface area contributed by atoms with E-state index in [2.05, 4.69) is 46.5 Å². The van der Waals surface area contributed by atoms with Crippen molar-refractivity contribution in [2.45, 2.75) is 52.4 Å². The molecule has 0 spiro atoms. The molecule has 1 aliphatic heterocycles. The van der Waals surface area contributed by atoms with E-state index in [1.54, 1.807) is 0 Å². The fourth-order valence-electron chi connectivity index (χ4n) is 3.34. The zero-order valence-corrected chi connectivity index (χ0v) is 21.7. The predicted molar refractivity (Wildman–Crippen MR) is 138 cm³/mol. The number of ether oxygens (including phenoxy) is 2. The lowest BCUT2D eigenvalue weighted by Gasteiger charge is -2.19. The van der Waals surface area contributed by atoms with Gasteiger partial charge in [0.25, 0.3) is 11.8 Å². The molecular weight excluding hydrogens is 448 g/mol. The first-order chi connectivity index (χ1) is 15.9. The van der Waals surface area contributed by atoms with Gasteiger partial charge in [-0.05, 0) is 46.2 Å². The van der Waals surface area contributed by atoms with E-state index in [1.807, 2.05) is 48.5 Å². The van der Waals surface area contributed by atoms with Gasteiger partial charge in [-0.2, -0.15) is 4.99 Å². The van der Waals surface area contributed by atoms with Crippen LogP contribution in [0.2, 0.25) is 0 Å². The number of carbonyl (C=O) groups excluding carboxylic acids is 2. The summed E-state index contributed by atoms with van der Waals surface area (Å²) in [5, 5.41) is 0.397. The highest BCUT2D eigenvalue weighted by Gasteiger charge is 2.27. The predicted octanol–water partition coefficient (Wildman–Crippen LogP) is 5.20. The number of rotatable bonds is 6. The molecule has 0 unspecified atom stereocenters. The van der Waals surface area contributed by atoms with E-state index in [1.165, 1.54) is 27.8 Å². The van der Waals surface area contributed by atoms with E-state index in [0.717, 1.165) is 0 Å². The normalized spacial score (nSPS) is 15.5. The summed E-state index contributed by atoms with van der Waals surface area (Å²) in [4.78, 5) is 30.7. The van der Waals surface area contributed by atoms with Crippen molar-refractivity contribution in [2.75, 3.05) is 25.5 Å². The van der Waals surface area contributed by atoms with Crippen LogP contribution in [0.5, 0.6) is 11.5 Å². The van der Waals surface area contributed by atoms with Gasteiger partial charge in [0.1, 0.15) is 11.5 Å². The van der Waals surface area contributed by atoms with Gasteiger partial charge in [-0.15, -0.1) is 0 Å². The number of aliphatic imine (C=N–C) groups is 1. The zero-order valence-electron chi connectivity index (χ0n) is 20.9. The molecular formula is C27H34N2O4S. The van der Waals surface area contributed by atoms with Gasteiger partial charge >= 0.3 is 0 Å². The van der Waals surface area contributed by atoms with E-state index in [4.69, 9.17) is 9.47 Å². The second-order valence-electron chi connectivity index (χ2n) is 10.3. The van der Waals surface area contributed by atoms with Crippen molar-refractivity contribution in [1.29, 1.82) is 0 Å². The Morgan fingerprint density at radius 1 is 0.824 bits per heavy atom. The van der Waals surface area contributed by atoms with Gasteiger partial charge in [0.05, 0.1) is 0 Å². The second-order valence-corrected chi connectivity index (χ2v) is 11.4. The molecule has 6 nitrogen and oxygen atoms in total. The number of hydrogen-bond acceptors (Lipinski definition) is 5. The van der Waals surface area contributed by atoms with Gasteiger partial charge in [0, 0.05) is 12.3 Å². The lowest BCUT2D eigenvalue weighted by atomic mass is 9.87. The lowest BCUT2D eigenvalue weighted by molar-refractivity contribution is -0.129. The highest BCUT2D eigenvalue weighted by atomic mass is 32.2. The molecule has 0 radical (unpaired) electrons. The average molecular weight is 483 g/mol. The molecule has 1 heterocycles. The monoisotopic (exact) mass is 482 g/mol. The summed E-state index contributed by atoms with van der Waals surface area (Å²) in [6.45, 7) is 13.1. The molecule has 3 rings (SSSR count). The first-order valence-electron chi connectivity index (χ1n) is 11.4. The number of amides is 2. The third-order valence-electron chi connectivity index (χ3n) is 5.46. The molecule has 1 saturated heterocycles. The second kappa shape index (κ2) is 10.6. The highest BCUT2D eigenvalue weighted by molar-refractivity contribution is 8.14. The topological polar surface area (TPSA) is 68.2 Å². The summed E-state index contributed by atoms with van der Waals surface area (Å²) in [5.41, 5.74) is 2.49. The standard InChI is InChI=1S/C27H34N2O4S/c1-26(2,3)19-7-11-21(12-8-19)32-17-23(30)28-25-29(15-16-34-25)24(31)18-33-22-13-9-20(10-14-22)27(4,5)6/h7-14H,15-18H2,1-6H3. The van der Waals surface area contributed by atoms with E-state index >= 15 is 0 Å². The van der Waals surface area contributed by atoms with Crippen LogP contribution in [0.25, 0.3) is 0 Å². The molecule has 0 aliphatic carbocycles. The summed E-state index contributed by atoms with van der Waals surface area (Å²) in [5.74, 6) is 1.27. The summed E-state index contributed by atoms with van der Waals surface area (Å²) in [7, 11) is 0. The van der Waals surface area contributed by atoms with Crippen molar-refractivity contribution < 1.29 is 19.1 Å². The van der Waals surface area contributed by atoms with Crippen molar-refractivity contribution in [2.24, 2.45) is 4.99 Å². The average Bonchev–Trinajstić information content (AvgIpc) is 3.23. The van der Waals surface area contributed by atoms with Gasteiger partial charge < -0.3 is 9.47 Å². The fourth-order valence-corrected chi connectivity index (χ4v) is 4.31.